The third-order valence-electron chi connectivity index (χ3n) is 2.78. The van der Waals surface area contributed by atoms with Gasteiger partial charge in [-0.05, 0) is 30.5 Å². The van der Waals surface area contributed by atoms with Crippen molar-refractivity contribution >= 4 is 28.7 Å². The molecule has 1 unspecified atom stereocenters. The number of carbonyl (C=O) groups is 1. The van der Waals surface area contributed by atoms with Gasteiger partial charge in [-0.1, -0.05) is 6.07 Å². The number of carboxylic acid groups (broad SMARTS) is 1. The number of thiophene rings is 1. The molecule has 2 rings (SSSR count). The van der Waals surface area contributed by atoms with Gasteiger partial charge in [-0.2, -0.15) is 0 Å². The average Bonchev–Trinajstić information content (AvgIpc) is 2.92. The number of benzene rings is 1. The van der Waals surface area contributed by atoms with E-state index in [-0.39, 0.29) is 23.0 Å². The topological polar surface area (TPSA) is 92.5 Å². The second-order valence-electron chi connectivity index (χ2n) is 4.18. The maximum atomic E-state index is 11.0. The number of rotatable bonds is 5. The Morgan fingerprint density at radius 2 is 2.20 bits per heavy atom. The maximum Gasteiger partial charge on any atom is 0.335 e. The van der Waals surface area contributed by atoms with Gasteiger partial charge in [0.1, 0.15) is 5.69 Å². The number of hydrogen-bond donors (Lipinski definition) is 2. The molecular weight excluding hydrogens is 280 g/mol. The molecule has 0 aliphatic carbocycles. The van der Waals surface area contributed by atoms with Gasteiger partial charge in [0.15, 0.2) is 0 Å². The Bertz CT molecular complexity index is 640. The lowest BCUT2D eigenvalue weighted by Gasteiger charge is -2.14. The van der Waals surface area contributed by atoms with Gasteiger partial charge in [-0.25, -0.2) is 4.79 Å². The molecule has 104 valence electrons. The molecule has 2 N–H and O–H groups in total. The number of hydrogen-bond acceptors (Lipinski definition) is 5. The first-order valence-corrected chi connectivity index (χ1v) is 6.68. The van der Waals surface area contributed by atoms with E-state index in [9.17, 15) is 14.9 Å². The van der Waals surface area contributed by atoms with Gasteiger partial charge in [-0.15, -0.1) is 11.3 Å². The number of nitrogens with one attached hydrogen (secondary N) is 1. The first-order valence-electron chi connectivity index (χ1n) is 5.80. The van der Waals surface area contributed by atoms with Crippen LogP contribution in [0.15, 0.2) is 35.7 Å². The van der Waals surface area contributed by atoms with Crippen molar-refractivity contribution < 1.29 is 14.8 Å². The summed E-state index contributed by atoms with van der Waals surface area (Å²) in [4.78, 5) is 22.4. The molecule has 7 heteroatoms. The zero-order valence-corrected chi connectivity index (χ0v) is 11.4. The summed E-state index contributed by atoms with van der Waals surface area (Å²) < 4.78 is 0. The Balaban J connectivity index is 2.35. The van der Waals surface area contributed by atoms with Crippen molar-refractivity contribution in [3.63, 3.8) is 0 Å². The first-order chi connectivity index (χ1) is 9.49. The molecular formula is C13H12N2O4S. The second-order valence-corrected chi connectivity index (χ2v) is 5.15. The lowest BCUT2D eigenvalue weighted by atomic mass is 10.1. The molecule has 2 aromatic rings. The lowest BCUT2D eigenvalue weighted by Crippen LogP contribution is -2.08. The van der Waals surface area contributed by atoms with E-state index in [1.54, 1.807) is 0 Å². The molecule has 6 nitrogen and oxygen atoms in total. The molecule has 0 aliphatic rings. The fourth-order valence-corrected chi connectivity index (χ4v) is 2.52. The van der Waals surface area contributed by atoms with Crippen LogP contribution in [0.25, 0.3) is 0 Å². The van der Waals surface area contributed by atoms with Crippen molar-refractivity contribution in [3.05, 3.63) is 56.3 Å². The van der Waals surface area contributed by atoms with Gasteiger partial charge < -0.3 is 10.4 Å². The molecule has 0 saturated carbocycles. The van der Waals surface area contributed by atoms with Crippen LogP contribution in [0.2, 0.25) is 0 Å². The fourth-order valence-electron chi connectivity index (χ4n) is 1.79. The van der Waals surface area contributed by atoms with E-state index in [1.165, 1.54) is 29.5 Å². The zero-order chi connectivity index (χ0) is 14.7. The Kier molecular flexibility index (Phi) is 3.99. The van der Waals surface area contributed by atoms with Gasteiger partial charge in [0.2, 0.25) is 0 Å². The Hall–Kier alpha value is -2.41. The summed E-state index contributed by atoms with van der Waals surface area (Å²) in [6.07, 6.45) is 0. The van der Waals surface area contributed by atoms with Gasteiger partial charge >= 0.3 is 5.97 Å². The van der Waals surface area contributed by atoms with Crippen LogP contribution in [-0.4, -0.2) is 16.0 Å². The predicted octanol–water partition coefficient (Wildman–Crippen LogP) is 3.53. The minimum Gasteiger partial charge on any atom is -0.478 e. The molecule has 0 radical (unpaired) electrons. The molecule has 1 heterocycles. The monoisotopic (exact) mass is 292 g/mol. The molecule has 0 bridgehead atoms. The van der Waals surface area contributed by atoms with E-state index in [0.717, 1.165) is 4.88 Å². The fraction of sp³-hybridized carbons (Fsp3) is 0.154. The van der Waals surface area contributed by atoms with E-state index in [2.05, 4.69) is 5.32 Å². The molecule has 0 aliphatic heterocycles. The molecule has 0 fully saturated rings. The van der Waals surface area contributed by atoms with Crippen LogP contribution >= 0.6 is 11.3 Å². The number of anilines is 1. The highest BCUT2D eigenvalue weighted by molar-refractivity contribution is 7.10. The van der Waals surface area contributed by atoms with Crippen LogP contribution in [0.5, 0.6) is 0 Å². The Labute approximate surface area is 118 Å². The minimum atomic E-state index is -1.12. The van der Waals surface area contributed by atoms with Crippen LogP contribution in [0.4, 0.5) is 11.4 Å². The third kappa shape index (κ3) is 2.94. The Morgan fingerprint density at radius 3 is 2.75 bits per heavy atom. The number of nitro groups is 1. The van der Waals surface area contributed by atoms with Crippen molar-refractivity contribution in [3.8, 4) is 0 Å². The summed E-state index contributed by atoms with van der Waals surface area (Å²) in [5.74, 6) is -1.12. The number of nitro benzene ring substituents is 1. The van der Waals surface area contributed by atoms with Crippen LogP contribution < -0.4 is 5.32 Å². The van der Waals surface area contributed by atoms with Gasteiger partial charge in [-0.3, -0.25) is 10.1 Å². The molecule has 0 amide bonds. The highest BCUT2D eigenvalue weighted by Crippen LogP contribution is 2.30. The standard InChI is InChI=1S/C13H12N2O4S/c1-8(12-3-2-6-20-12)14-10-7-9(13(16)17)4-5-11(10)15(18)19/h2-8,14H,1H3,(H,16,17). The maximum absolute atomic E-state index is 11.0. The summed E-state index contributed by atoms with van der Waals surface area (Å²) in [7, 11) is 0. The Morgan fingerprint density at radius 1 is 1.45 bits per heavy atom. The molecule has 1 aromatic carbocycles. The smallest absolute Gasteiger partial charge is 0.335 e. The van der Waals surface area contributed by atoms with Crippen molar-refractivity contribution in [2.45, 2.75) is 13.0 Å². The number of aromatic carboxylic acids is 1. The first kappa shape index (κ1) is 14.0. The van der Waals surface area contributed by atoms with Crippen LogP contribution in [0.3, 0.4) is 0 Å². The van der Waals surface area contributed by atoms with Crippen LogP contribution in [0, 0.1) is 10.1 Å². The molecule has 0 spiro atoms. The van der Waals surface area contributed by atoms with E-state index in [1.807, 2.05) is 24.4 Å². The number of nitrogens with zero attached hydrogens (tertiary/aromatic N) is 1. The summed E-state index contributed by atoms with van der Waals surface area (Å²) >= 11 is 1.53. The lowest BCUT2D eigenvalue weighted by molar-refractivity contribution is -0.384. The zero-order valence-electron chi connectivity index (χ0n) is 10.6. The van der Waals surface area contributed by atoms with E-state index in [0.29, 0.717) is 0 Å². The molecule has 1 aromatic heterocycles. The highest BCUT2D eigenvalue weighted by atomic mass is 32.1. The van der Waals surface area contributed by atoms with Crippen molar-refractivity contribution in [1.82, 2.24) is 0 Å². The summed E-state index contributed by atoms with van der Waals surface area (Å²) in [5, 5.41) is 24.9. The van der Waals surface area contributed by atoms with Crippen LogP contribution in [-0.2, 0) is 0 Å². The molecule has 0 saturated heterocycles. The number of carboxylic acids is 1. The van der Waals surface area contributed by atoms with Crippen molar-refractivity contribution in [2.75, 3.05) is 5.32 Å². The molecule has 1 atom stereocenters. The predicted molar refractivity (Wildman–Crippen MR) is 76.4 cm³/mol. The SMILES string of the molecule is CC(Nc1cc(C(=O)O)ccc1[N+](=O)[O-])c1cccs1. The minimum absolute atomic E-state index is 0.0106. The normalized spacial score (nSPS) is 11.8. The third-order valence-corrected chi connectivity index (χ3v) is 3.84. The van der Waals surface area contributed by atoms with Crippen molar-refractivity contribution in [2.24, 2.45) is 0 Å². The molecule has 20 heavy (non-hydrogen) atoms. The van der Waals surface area contributed by atoms with E-state index < -0.39 is 10.9 Å². The van der Waals surface area contributed by atoms with E-state index in [4.69, 9.17) is 5.11 Å². The largest absolute Gasteiger partial charge is 0.478 e. The van der Waals surface area contributed by atoms with Gasteiger partial charge in [0.05, 0.1) is 16.5 Å². The van der Waals surface area contributed by atoms with Crippen LogP contribution in [0.1, 0.15) is 28.2 Å². The van der Waals surface area contributed by atoms with E-state index >= 15 is 0 Å². The average molecular weight is 292 g/mol. The second kappa shape index (κ2) is 5.70. The van der Waals surface area contributed by atoms with Gasteiger partial charge in [0.25, 0.3) is 5.69 Å². The summed E-state index contributed by atoms with van der Waals surface area (Å²) in [6, 6.07) is 7.37. The summed E-state index contributed by atoms with van der Waals surface area (Å²) in [5.41, 5.74) is 0.0747. The van der Waals surface area contributed by atoms with Gasteiger partial charge in [0, 0.05) is 10.9 Å². The van der Waals surface area contributed by atoms with Crippen molar-refractivity contribution in [1.29, 1.82) is 0 Å². The summed E-state index contributed by atoms with van der Waals surface area (Å²) in [6.45, 7) is 1.86. The quantitative estimate of drug-likeness (QED) is 0.649. The highest BCUT2D eigenvalue weighted by Gasteiger charge is 2.18.